The zero-order valence-electron chi connectivity index (χ0n) is 48.2. The Morgan fingerprint density at radius 3 is 0.746 bits per heavy atom. The first-order valence-corrected chi connectivity index (χ1v) is 28.9. The van der Waals surface area contributed by atoms with Crippen molar-refractivity contribution in [3.05, 3.63) is 0 Å². The van der Waals surface area contributed by atoms with Crippen LogP contribution in [-0.2, 0) is 0 Å². The predicted molar refractivity (Wildman–Crippen MR) is 287 cm³/mol. The van der Waals surface area contributed by atoms with E-state index in [9.17, 15) is 0 Å². The van der Waals surface area contributed by atoms with E-state index in [1.165, 1.54) is 115 Å². The second-order valence-corrected chi connectivity index (χ2v) is 29.1. The molecule has 0 aromatic rings. The second kappa shape index (κ2) is 26.1. The molecule has 11 atom stereocenters. The average molecular weight is 882 g/mol. The third-order valence-corrected chi connectivity index (χ3v) is 20.6. The van der Waals surface area contributed by atoms with E-state index in [-0.39, 0.29) is 0 Å². The van der Waals surface area contributed by atoms with E-state index in [2.05, 4.69) is 159 Å². The first-order valence-electron chi connectivity index (χ1n) is 28.9. The van der Waals surface area contributed by atoms with Gasteiger partial charge in [0.05, 0.1) is 0 Å². The van der Waals surface area contributed by atoms with Crippen molar-refractivity contribution >= 4 is 0 Å². The zero-order valence-corrected chi connectivity index (χ0v) is 48.2. The van der Waals surface area contributed by atoms with Crippen LogP contribution < -0.4 is 0 Å². The summed E-state index contributed by atoms with van der Waals surface area (Å²) < 4.78 is 0. The molecule has 10 rings (SSSR count). The molecule has 10 aliphatic carbocycles. The SMILES string of the molecule is CC1CC(C)(C)C1.CC1CC(C)(C)C1.CC1CC(C)C1C.CC1CCC1(C)C.CC1C[C@H](C)C1C.CCC1CC(C)C1.CCC1CCC1C.C[C@H]1CC1C1CC1.C[C@H]1CCC1(C)C. The summed E-state index contributed by atoms with van der Waals surface area (Å²) in [7, 11) is 0. The first kappa shape index (κ1) is 59.1. The van der Waals surface area contributed by atoms with Gasteiger partial charge in [-0.3, -0.25) is 0 Å². The Bertz CT molecular complexity index is 1100. The van der Waals surface area contributed by atoms with Crippen LogP contribution >= 0.6 is 0 Å². The fraction of sp³-hybridized carbons (Fsp3) is 1.00. The molecule has 0 saturated heterocycles. The molecule has 0 aliphatic heterocycles. The van der Waals surface area contributed by atoms with Crippen molar-refractivity contribution in [3.8, 4) is 0 Å². The van der Waals surface area contributed by atoms with Crippen molar-refractivity contribution < 1.29 is 0 Å². The monoisotopic (exact) mass is 881 g/mol. The number of rotatable bonds is 3. The highest BCUT2D eigenvalue weighted by molar-refractivity contribution is 4.94. The normalized spacial score (nSPS) is 40.6. The molecule has 0 bridgehead atoms. The van der Waals surface area contributed by atoms with Crippen LogP contribution in [0.4, 0.5) is 0 Å². The molecule has 0 N–H and O–H groups in total. The molecular weight excluding hydrogens is 757 g/mol. The predicted octanol–water partition coefficient (Wildman–Crippen LogP) is 21.3. The van der Waals surface area contributed by atoms with E-state index < -0.39 is 0 Å². The number of hydrogen-bond acceptors (Lipinski definition) is 0. The molecule has 10 saturated carbocycles. The summed E-state index contributed by atoms with van der Waals surface area (Å²) >= 11 is 0. The Morgan fingerprint density at radius 1 is 0.365 bits per heavy atom. The van der Waals surface area contributed by atoms with E-state index in [1.54, 1.807) is 19.3 Å². The van der Waals surface area contributed by atoms with Gasteiger partial charge in [-0.15, -0.1) is 0 Å². The molecule has 0 aromatic heterocycles. The summed E-state index contributed by atoms with van der Waals surface area (Å²) in [5.74, 6) is 17.8. The van der Waals surface area contributed by atoms with Gasteiger partial charge in [-0.1, -0.05) is 179 Å². The lowest BCUT2D eigenvalue weighted by Crippen LogP contribution is -2.31. The summed E-state index contributed by atoms with van der Waals surface area (Å²) in [5.41, 5.74) is 2.75. The molecule has 10 fully saturated rings. The molecular formula is C63H124. The molecule has 63 heavy (non-hydrogen) atoms. The maximum atomic E-state index is 2.38. The highest BCUT2D eigenvalue weighted by atomic mass is 14.5. The van der Waals surface area contributed by atoms with Gasteiger partial charge in [0.1, 0.15) is 0 Å². The van der Waals surface area contributed by atoms with Gasteiger partial charge in [-0.2, -0.15) is 0 Å². The largest absolute Gasteiger partial charge is 0.0651 e. The Balaban J connectivity index is 0.000000244. The summed E-state index contributed by atoms with van der Waals surface area (Å²) in [5, 5.41) is 0. The Labute approximate surface area is 401 Å². The highest BCUT2D eigenvalue weighted by Gasteiger charge is 2.44. The fourth-order valence-corrected chi connectivity index (χ4v) is 12.7. The first-order chi connectivity index (χ1) is 28.9. The fourth-order valence-electron chi connectivity index (χ4n) is 12.7. The summed E-state index contributed by atoms with van der Waals surface area (Å²) in [6.07, 6.45) is 27.9. The molecule has 0 amide bonds. The van der Waals surface area contributed by atoms with Crippen LogP contribution in [0.1, 0.15) is 281 Å². The minimum absolute atomic E-state index is 0.681. The van der Waals surface area contributed by atoms with Crippen LogP contribution in [-0.4, -0.2) is 0 Å². The Hall–Kier alpha value is 0. The third kappa shape index (κ3) is 21.5. The smallest absolute Gasteiger partial charge is 0.0328 e. The Kier molecular flexibility index (Phi) is 24.5. The minimum atomic E-state index is 0.681. The standard InChI is InChI=1S/C7H12.8C7H14/c1-5-4-7(5)6-2-3-6;2*1-6-4-7(2,3)5-6;2*1-6-4-5-7(6,2)3;2*1-5-4-6(2)7(5)3;1-3-7-4-6(2)5-7;1-3-7-5-4-6(7)2/h5-7H,2-4H2,1H3;4*6H,4-5H2,1-3H3;2*5-7H,4H2,1-3H3;2*6-7H,3-5H2,1-2H3/t5-,7?;;;6-;;5-,6?,7?;;;/m0..0.0.../s1. The van der Waals surface area contributed by atoms with Crippen molar-refractivity contribution in [2.45, 2.75) is 281 Å². The highest BCUT2D eigenvalue weighted by Crippen LogP contribution is 2.54. The molecule has 376 valence electrons. The van der Waals surface area contributed by atoms with E-state index >= 15 is 0 Å². The van der Waals surface area contributed by atoms with E-state index in [1.807, 2.05) is 0 Å². The van der Waals surface area contributed by atoms with Gasteiger partial charge in [-0.25, -0.2) is 0 Å². The lowest BCUT2D eigenvalue weighted by molar-refractivity contribution is 0.0891. The van der Waals surface area contributed by atoms with Gasteiger partial charge < -0.3 is 0 Å². The van der Waals surface area contributed by atoms with Gasteiger partial charge in [-0.05, 0) is 225 Å². The molecule has 0 aromatic carbocycles. The molecule has 0 nitrogen and oxygen atoms in total. The van der Waals surface area contributed by atoms with Crippen molar-refractivity contribution in [2.75, 3.05) is 0 Å². The van der Waals surface area contributed by atoms with Crippen LogP contribution in [0.5, 0.6) is 0 Å². The molecule has 10 aliphatic rings. The third-order valence-electron chi connectivity index (χ3n) is 20.6. The summed E-state index contributed by atoms with van der Waals surface area (Å²) in [4.78, 5) is 0. The average Bonchev–Trinajstić information content (AvgIpc) is 4.13. The molecule has 0 heterocycles. The topological polar surface area (TPSA) is 0 Å². The van der Waals surface area contributed by atoms with Crippen LogP contribution in [0.15, 0.2) is 0 Å². The summed E-state index contributed by atoms with van der Waals surface area (Å²) in [6.45, 7) is 53.8. The zero-order chi connectivity index (χ0) is 48.2. The van der Waals surface area contributed by atoms with Gasteiger partial charge >= 0.3 is 0 Å². The lowest BCUT2D eigenvalue weighted by Gasteiger charge is -2.42. The maximum absolute atomic E-state index is 2.38. The second-order valence-electron chi connectivity index (χ2n) is 29.1. The Morgan fingerprint density at radius 2 is 0.714 bits per heavy atom. The number of hydrogen-bond donors (Lipinski definition) is 0. The van der Waals surface area contributed by atoms with E-state index in [4.69, 9.17) is 0 Å². The lowest BCUT2D eigenvalue weighted by atomic mass is 9.64. The maximum Gasteiger partial charge on any atom is -0.0328 e. The van der Waals surface area contributed by atoms with E-state index in [0.29, 0.717) is 21.7 Å². The van der Waals surface area contributed by atoms with Gasteiger partial charge in [0.2, 0.25) is 0 Å². The molecule has 0 spiro atoms. The molecule has 0 radical (unpaired) electrons. The van der Waals surface area contributed by atoms with Gasteiger partial charge in [0.15, 0.2) is 0 Å². The summed E-state index contributed by atoms with van der Waals surface area (Å²) in [6, 6.07) is 0. The van der Waals surface area contributed by atoms with Crippen LogP contribution in [0.3, 0.4) is 0 Å². The molecule has 0 heteroatoms. The van der Waals surface area contributed by atoms with Crippen molar-refractivity contribution in [1.82, 2.24) is 0 Å². The molecule has 8 unspecified atom stereocenters. The van der Waals surface area contributed by atoms with Crippen LogP contribution in [0, 0.1) is 122 Å². The quantitative estimate of drug-likeness (QED) is 0.265. The van der Waals surface area contributed by atoms with Crippen LogP contribution in [0.25, 0.3) is 0 Å². The van der Waals surface area contributed by atoms with Crippen molar-refractivity contribution in [2.24, 2.45) is 122 Å². The van der Waals surface area contributed by atoms with Gasteiger partial charge in [0, 0.05) is 0 Å². The van der Waals surface area contributed by atoms with Crippen molar-refractivity contribution in [3.63, 3.8) is 0 Å². The van der Waals surface area contributed by atoms with Crippen LogP contribution in [0.2, 0.25) is 0 Å². The van der Waals surface area contributed by atoms with E-state index in [0.717, 1.165) is 88.8 Å². The minimum Gasteiger partial charge on any atom is -0.0651 e. The van der Waals surface area contributed by atoms with Crippen molar-refractivity contribution in [1.29, 1.82) is 0 Å². The van der Waals surface area contributed by atoms with Gasteiger partial charge in [0.25, 0.3) is 0 Å².